The summed E-state index contributed by atoms with van der Waals surface area (Å²) in [6.07, 6.45) is 4.85. The van der Waals surface area contributed by atoms with Crippen LogP contribution < -0.4 is 9.04 Å². The number of hydrogen-bond acceptors (Lipinski definition) is 4. The van der Waals surface area contributed by atoms with Crippen LogP contribution in [0.15, 0.2) is 71.6 Å². The van der Waals surface area contributed by atoms with E-state index < -0.39 is 10.0 Å². The first-order valence-electron chi connectivity index (χ1n) is 11.9. The van der Waals surface area contributed by atoms with Crippen LogP contribution >= 0.6 is 11.6 Å². The highest BCUT2D eigenvalue weighted by Gasteiger charge is 2.35. The van der Waals surface area contributed by atoms with Crippen LogP contribution in [0.1, 0.15) is 31.2 Å². The average molecular weight is 497 g/mol. The minimum Gasteiger partial charge on any atom is -0.493 e. The molecule has 34 heavy (non-hydrogen) atoms. The number of hydrogen-bond donors (Lipinski definition) is 0. The number of halogens is 1. The maximum Gasteiger partial charge on any atom is 0.265 e. The van der Waals surface area contributed by atoms with Crippen molar-refractivity contribution in [3.8, 4) is 16.9 Å². The Balaban J connectivity index is 1.37. The molecule has 0 bridgehead atoms. The van der Waals surface area contributed by atoms with Gasteiger partial charge in [-0.1, -0.05) is 54.4 Å². The third-order valence-corrected chi connectivity index (χ3v) is 8.64. The van der Waals surface area contributed by atoms with E-state index in [-0.39, 0.29) is 11.4 Å². The molecule has 1 saturated heterocycles. The lowest BCUT2D eigenvalue weighted by Crippen LogP contribution is -2.34. The monoisotopic (exact) mass is 496 g/mol. The number of nitrogens with zero attached hydrogens (tertiary/aromatic N) is 2. The summed E-state index contributed by atoms with van der Waals surface area (Å²) in [5, 5.41) is 0.514. The van der Waals surface area contributed by atoms with Gasteiger partial charge in [-0.3, -0.25) is 4.31 Å². The molecule has 2 aliphatic heterocycles. The van der Waals surface area contributed by atoms with Gasteiger partial charge in [0.25, 0.3) is 10.0 Å². The zero-order chi connectivity index (χ0) is 23.5. The van der Waals surface area contributed by atoms with Crippen molar-refractivity contribution >= 4 is 27.3 Å². The third kappa shape index (κ3) is 4.67. The van der Waals surface area contributed by atoms with E-state index >= 15 is 0 Å². The van der Waals surface area contributed by atoms with Gasteiger partial charge in [-0.05, 0) is 62.7 Å². The number of sulfonamides is 1. The summed E-state index contributed by atoms with van der Waals surface area (Å²) in [5.41, 5.74) is 2.99. The maximum absolute atomic E-state index is 13.7. The molecule has 0 saturated carbocycles. The van der Waals surface area contributed by atoms with Crippen molar-refractivity contribution in [2.24, 2.45) is 0 Å². The van der Waals surface area contributed by atoms with E-state index in [1.54, 1.807) is 18.2 Å². The molecule has 5 rings (SSSR count). The van der Waals surface area contributed by atoms with Gasteiger partial charge in [-0.25, -0.2) is 8.42 Å². The highest BCUT2D eigenvalue weighted by atomic mass is 35.5. The molecule has 0 atom stereocenters. The van der Waals surface area contributed by atoms with Crippen LogP contribution in [-0.4, -0.2) is 39.6 Å². The highest BCUT2D eigenvalue weighted by Crippen LogP contribution is 2.44. The second kappa shape index (κ2) is 9.98. The van der Waals surface area contributed by atoms with Crippen LogP contribution in [0.3, 0.4) is 0 Å². The van der Waals surface area contributed by atoms with E-state index in [1.165, 1.54) is 36.7 Å². The molecule has 0 amide bonds. The lowest BCUT2D eigenvalue weighted by atomic mass is 10.0. The molecule has 5 nitrogen and oxygen atoms in total. The molecule has 0 N–H and O–H groups in total. The molecule has 178 valence electrons. The predicted octanol–water partition coefficient (Wildman–Crippen LogP) is 5.97. The van der Waals surface area contributed by atoms with Gasteiger partial charge in [0, 0.05) is 28.3 Å². The Hall–Kier alpha value is -2.54. The topological polar surface area (TPSA) is 49.9 Å². The molecule has 3 aromatic carbocycles. The maximum atomic E-state index is 13.7. The van der Waals surface area contributed by atoms with Gasteiger partial charge in [-0.15, -0.1) is 0 Å². The van der Waals surface area contributed by atoms with Crippen molar-refractivity contribution in [2.75, 3.05) is 30.5 Å². The van der Waals surface area contributed by atoms with Gasteiger partial charge >= 0.3 is 0 Å². The van der Waals surface area contributed by atoms with Crippen LogP contribution in [0.25, 0.3) is 11.1 Å². The van der Waals surface area contributed by atoms with Crippen molar-refractivity contribution in [3.63, 3.8) is 0 Å². The fourth-order valence-electron chi connectivity index (χ4n) is 4.86. The largest absolute Gasteiger partial charge is 0.493 e. The first kappa shape index (κ1) is 23.2. The van der Waals surface area contributed by atoms with Gasteiger partial charge in [0.1, 0.15) is 5.75 Å². The van der Waals surface area contributed by atoms with E-state index in [2.05, 4.69) is 4.90 Å². The zero-order valence-corrected chi connectivity index (χ0v) is 20.7. The number of benzene rings is 3. The smallest absolute Gasteiger partial charge is 0.265 e. The second-order valence-electron chi connectivity index (χ2n) is 8.88. The molecule has 2 heterocycles. The standard InChI is InChI=1S/C27H29ClN2O3S/c28-22-13-14-27-24(19-22)23-10-3-4-11-25(23)30(34(27,31)32)20-21-9-2-5-12-26(21)33-18-8-17-29-15-6-1-7-16-29/h2-5,9-14,19H,1,6-8,15-18,20H2. The fraction of sp³-hybridized carbons (Fsp3) is 0.333. The Labute approximate surface area is 207 Å². The number of likely N-dealkylation sites (tertiary alicyclic amines) is 1. The molecule has 7 heteroatoms. The molecular weight excluding hydrogens is 468 g/mol. The lowest BCUT2D eigenvalue weighted by Gasteiger charge is -2.32. The minimum absolute atomic E-state index is 0.198. The van der Waals surface area contributed by atoms with Crippen LogP contribution in [0.4, 0.5) is 5.69 Å². The summed E-state index contributed by atoms with van der Waals surface area (Å²) in [6.45, 7) is 4.20. The minimum atomic E-state index is -3.76. The van der Waals surface area contributed by atoms with Gasteiger partial charge < -0.3 is 9.64 Å². The summed E-state index contributed by atoms with van der Waals surface area (Å²) in [5.74, 6) is 0.732. The van der Waals surface area contributed by atoms with E-state index in [0.29, 0.717) is 22.9 Å². The SMILES string of the molecule is O=S1(=O)c2ccc(Cl)cc2-c2ccccc2N1Cc1ccccc1OCCCN1CCCCC1. The van der Waals surface area contributed by atoms with Gasteiger partial charge in [-0.2, -0.15) is 0 Å². The average Bonchev–Trinajstić information content (AvgIpc) is 2.85. The summed E-state index contributed by atoms with van der Waals surface area (Å²) in [4.78, 5) is 2.77. The number of ether oxygens (including phenoxy) is 1. The molecule has 0 unspecified atom stereocenters. The molecule has 2 aliphatic rings. The molecule has 1 fully saturated rings. The molecule has 0 spiro atoms. The quantitative estimate of drug-likeness (QED) is 0.378. The number of anilines is 1. The van der Waals surface area contributed by atoms with Gasteiger partial charge in [0.05, 0.1) is 23.7 Å². The van der Waals surface area contributed by atoms with Crippen molar-refractivity contribution in [1.29, 1.82) is 0 Å². The second-order valence-corrected chi connectivity index (χ2v) is 11.1. The predicted molar refractivity (Wildman–Crippen MR) is 137 cm³/mol. The van der Waals surface area contributed by atoms with E-state index in [1.807, 2.05) is 48.5 Å². The van der Waals surface area contributed by atoms with Crippen LogP contribution in [-0.2, 0) is 16.6 Å². The Morgan fingerprint density at radius 3 is 2.50 bits per heavy atom. The Kier molecular flexibility index (Phi) is 6.82. The normalized spacial score (nSPS) is 17.1. The van der Waals surface area contributed by atoms with E-state index in [0.717, 1.165) is 29.8 Å². The molecular formula is C27H29ClN2O3S. The highest BCUT2D eigenvalue weighted by molar-refractivity contribution is 7.93. The van der Waals surface area contributed by atoms with Crippen molar-refractivity contribution in [1.82, 2.24) is 4.90 Å². The van der Waals surface area contributed by atoms with Crippen LogP contribution in [0, 0.1) is 0 Å². The first-order valence-corrected chi connectivity index (χ1v) is 13.7. The zero-order valence-electron chi connectivity index (χ0n) is 19.1. The van der Waals surface area contributed by atoms with Crippen LogP contribution in [0.2, 0.25) is 5.02 Å². The third-order valence-electron chi connectivity index (χ3n) is 6.58. The number of piperidine rings is 1. The molecule has 3 aromatic rings. The molecule has 0 aromatic heterocycles. The van der Waals surface area contributed by atoms with Crippen LogP contribution in [0.5, 0.6) is 5.75 Å². The summed E-state index contributed by atoms with van der Waals surface area (Å²) >= 11 is 6.21. The molecule has 0 radical (unpaired) electrons. The van der Waals surface area contributed by atoms with E-state index in [9.17, 15) is 8.42 Å². The Bertz CT molecular complexity index is 1270. The van der Waals surface area contributed by atoms with Crippen molar-refractivity contribution < 1.29 is 13.2 Å². The Morgan fingerprint density at radius 1 is 0.882 bits per heavy atom. The summed E-state index contributed by atoms with van der Waals surface area (Å²) in [6, 6.07) is 20.2. The molecule has 0 aliphatic carbocycles. The first-order chi connectivity index (χ1) is 16.5. The van der Waals surface area contributed by atoms with E-state index in [4.69, 9.17) is 16.3 Å². The van der Waals surface area contributed by atoms with Gasteiger partial charge in [0.2, 0.25) is 0 Å². The summed E-state index contributed by atoms with van der Waals surface area (Å²) < 4.78 is 35.0. The van der Waals surface area contributed by atoms with Crippen molar-refractivity contribution in [2.45, 2.75) is 37.1 Å². The number of rotatable bonds is 7. The number of fused-ring (bicyclic) bond motifs is 3. The fourth-order valence-corrected chi connectivity index (χ4v) is 6.68. The summed E-state index contributed by atoms with van der Waals surface area (Å²) in [7, 11) is -3.76. The number of para-hydroxylation sites is 2. The Morgan fingerprint density at radius 2 is 1.65 bits per heavy atom. The van der Waals surface area contributed by atoms with Crippen molar-refractivity contribution in [3.05, 3.63) is 77.3 Å². The van der Waals surface area contributed by atoms with Gasteiger partial charge in [0.15, 0.2) is 0 Å². The lowest BCUT2D eigenvalue weighted by molar-refractivity contribution is 0.204.